The first-order valence-corrected chi connectivity index (χ1v) is 4.85. The van der Waals surface area contributed by atoms with E-state index in [9.17, 15) is 4.79 Å². The Kier molecular flexibility index (Phi) is 2.25. The van der Waals surface area contributed by atoms with Crippen molar-refractivity contribution in [3.8, 4) is 0 Å². The van der Waals surface area contributed by atoms with Crippen molar-refractivity contribution in [1.82, 2.24) is 5.32 Å². The molecular formula is C11H14N2O. The van der Waals surface area contributed by atoms with Crippen LogP contribution in [0.5, 0.6) is 0 Å². The summed E-state index contributed by atoms with van der Waals surface area (Å²) in [5.41, 5.74) is 8.32. The highest BCUT2D eigenvalue weighted by Crippen LogP contribution is 2.24. The van der Waals surface area contributed by atoms with Crippen molar-refractivity contribution >= 4 is 5.91 Å². The van der Waals surface area contributed by atoms with Gasteiger partial charge in [0.25, 0.3) is 0 Å². The van der Waals surface area contributed by atoms with Crippen LogP contribution in [-0.2, 0) is 6.42 Å². The Balaban J connectivity index is 2.55. The fourth-order valence-corrected chi connectivity index (χ4v) is 2.04. The van der Waals surface area contributed by atoms with Gasteiger partial charge in [-0.05, 0) is 37.1 Å². The molecule has 3 N–H and O–H groups in total. The van der Waals surface area contributed by atoms with Crippen molar-refractivity contribution < 1.29 is 4.79 Å². The molecule has 0 bridgehead atoms. The van der Waals surface area contributed by atoms with E-state index in [1.165, 1.54) is 5.56 Å². The Labute approximate surface area is 83.3 Å². The van der Waals surface area contributed by atoms with Crippen LogP contribution >= 0.6 is 0 Å². The van der Waals surface area contributed by atoms with Crippen molar-refractivity contribution in [2.75, 3.05) is 6.54 Å². The van der Waals surface area contributed by atoms with Gasteiger partial charge in [-0.1, -0.05) is 12.1 Å². The summed E-state index contributed by atoms with van der Waals surface area (Å²) in [5, 5.41) is 3.35. The molecule has 1 aromatic rings. The van der Waals surface area contributed by atoms with Gasteiger partial charge in [0.05, 0.1) is 0 Å². The molecule has 74 valence electrons. The number of fused-ring (bicyclic) bond motifs is 1. The Morgan fingerprint density at radius 2 is 2.36 bits per heavy atom. The normalized spacial score (nSPS) is 20.2. The molecule has 0 radical (unpaired) electrons. The summed E-state index contributed by atoms with van der Waals surface area (Å²) in [4.78, 5) is 11.2. The highest BCUT2D eigenvalue weighted by atomic mass is 16.1. The van der Waals surface area contributed by atoms with E-state index in [0.29, 0.717) is 11.6 Å². The molecule has 1 heterocycles. The first-order valence-electron chi connectivity index (χ1n) is 4.85. The molecule has 0 spiro atoms. The minimum absolute atomic E-state index is 0.318. The van der Waals surface area contributed by atoms with E-state index < -0.39 is 0 Å². The Morgan fingerprint density at radius 3 is 3.07 bits per heavy atom. The predicted molar refractivity (Wildman–Crippen MR) is 55.1 cm³/mol. The molecule has 0 saturated carbocycles. The summed E-state index contributed by atoms with van der Waals surface area (Å²) in [6.07, 6.45) is 0.888. The number of hydrogen-bond donors (Lipinski definition) is 2. The highest BCUT2D eigenvalue weighted by molar-refractivity contribution is 5.94. The van der Waals surface area contributed by atoms with Crippen molar-refractivity contribution in [3.63, 3.8) is 0 Å². The topological polar surface area (TPSA) is 55.1 Å². The molecule has 14 heavy (non-hydrogen) atoms. The van der Waals surface area contributed by atoms with Crippen LogP contribution in [0, 0.1) is 0 Å². The van der Waals surface area contributed by atoms with Crippen molar-refractivity contribution in [2.45, 2.75) is 19.4 Å². The van der Waals surface area contributed by atoms with Gasteiger partial charge in [0.15, 0.2) is 0 Å². The van der Waals surface area contributed by atoms with Crippen LogP contribution in [0.4, 0.5) is 0 Å². The summed E-state index contributed by atoms with van der Waals surface area (Å²) < 4.78 is 0. The Morgan fingerprint density at radius 1 is 1.57 bits per heavy atom. The van der Waals surface area contributed by atoms with Gasteiger partial charge < -0.3 is 11.1 Å². The SMILES string of the molecule is C[C@H]1NCCc2c(C(N)=O)cccc21. The van der Waals surface area contributed by atoms with E-state index in [4.69, 9.17) is 5.73 Å². The highest BCUT2D eigenvalue weighted by Gasteiger charge is 2.19. The van der Waals surface area contributed by atoms with Crippen molar-refractivity contribution in [3.05, 3.63) is 34.9 Å². The smallest absolute Gasteiger partial charge is 0.248 e. The lowest BCUT2D eigenvalue weighted by Crippen LogP contribution is -2.30. The zero-order valence-electron chi connectivity index (χ0n) is 8.21. The summed E-state index contributed by atoms with van der Waals surface area (Å²) in [6.45, 7) is 3.02. The molecule has 3 heteroatoms. The summed E-state index contributed by atoms with van der Waals surface area (Å²) in [7, 11) is 0. The van der Waals surface area contributed by atoms with E-state index in [1.54, 1.807) is 6.07 Å². The number of hydrogen-bond acceptors (Lipinski definition) is 2. The van der Waals surface area contributed by atoms with Crippen LogP contribution in [0.3, 0.4) is 0 Å². The molecule has 0 saturated heterocycles. The van der Waals surface area contributed by atoms with E-state index >= 15 is 0 Å². The molecule has 1 aliphatic rings. The number of primary amides is 1. The third-order valence-electron chi connectivity index (χ3n) is 2.77. The number of rotatable bonds is 1. The zero-order valence-corrected chi connectivity index (χ0v) is 8.21. The largest absolute Gasteiger partial charge is 0.366 e. The van der Waals surface area contributed by atoms with Crippen molar-refractivity contribution in [2.24, 2.45) is 5.73 Å². The van der Waals surface area contributed by atoms with Crippen LogP contribution in [-0.4, -0.2) is 12.5 Å². The van der Waals surface area contributed by atoms with Crippen LogP contribution in [0.25, 0.3) is 0 Å². The van der Waals surface area contributed by atoms with E-state index in [2.05, 4.69) is 18.3 Å². The second-order valence-electron chi connectivity index (χ2n) is 3.66. The number of amides is 1. The minimum Gasteiger partial charge on any atom is -0.366 e. The fourth-order valence-electron chi connectivity index (χ4n) is 2.04. The molecule has 1 amide bonds. The lowest BCUT2D eigenvalue weighted by molar-refractivity contribution is 0.0999. The first-order chi connectivity index (χ1) is 6.70. The maximum atomic E-state index is 11.2. The van der Waals surface area contributed by atoms with Crippen LogP contribution < -0.4 is 11.1 Å². The van der Waals surface area contributed by atoms with E-state index in [-0.39, 0.29) is 5.91 Å². The maximum absolute atomic E-state index is 11.2. The minimum atomic E-state index is -0.323. The fraction of sp³-hybridized carbons (Fsp3) is 0.364. The molecular weight excluding hydrogens is 176 g/mol. The predicted octanol–water partition coefficient (Wildman–Crippen LogP) is 0.992. The van der Waals surface area contributed by atoms with Crippen LogP contribution in [0.1, 0.15) is 34.5 Å². The molecule has 3 nitrogen and oxygen atoms in total. The van der Waals surface area contributed by atoms with Gasteiger partial charge in [0.2, 0.25) is 5.91 Å². The maximum Gasteiger partial charge on any atom is 0.248 e. The number of benzene rings is 1. The number of carbonyl (C=O) groups is 1. The van der Waals surface area contributed by atoms with Crippen LogP contribution in [0.15, 0.2) is 18.2 Å². The lowest BCUT2D eigenvalue weighted by atomic mass is 9.91. The third-order valence-corrected chi connectivity index (χ3v) is 2.77. The number of carbonyl (C=O) groups excluding carboxylic acids is 1. The molecule has 1 aliphatic heterocycles. The van der Waals surface area contributed by atoms with Gasteiger partial charge in [0.1, 0.15) is 0 Å². The molecule has 0 unspecified atom stereocenters. The third kappa shape index (κ3) is 1.40. The standard InChI is InChI=1S/C11H14N2O/c1-7-8-3-2-4-10(11(12)14)9(8)5-6-13-7/h2-4,7,13H,5-6H2,1H3,(H2,12,14)/t7-/m1/s1. The Hall–Kier alpha value is -1.35. The second kappa shape index (κ2) is 3.42. The first kappa shape index (κ1) is 9.21. The molecule has 0 aromatic heterocycles. The molecule has 1 aromatic carbocycles. The quantitative estimate of drug-likeness (QED) is 0.694. The van der Waals surface area contributed by atoms with Gasteiger partial charge >= 0.3 is 0 Å². The lowest BCUT2D eigenvalue weighted by Gasteiger charge is -2.25. The molecule has 0 fully saturated rings. The van der Waals surface area contributed by atoms with Gasteiger partial charge in [-0.15, -0.1) is 0 Å². The van der Waals surface area contributed by atoms with Crippen LogP contribution in [0.2, 0.25) is 0 Å². The van der Waals surface area contributed by atoms with E-state index in [0.717, 1.165) is 18.5 Å². The number of nitrogens with one attached hydrogen (secondary N) is 1. The van der Waals surface area contributed by atoms with Crippen molar-refractivity contribution in [1.29, 1.82) is 0 Å². The summed E-state index contributed by atoms with van der Waals surface area (Å²) in [5.74, 6) is -0.323. The van der Waals surface area contributed by atoms with Gasteiger partial charge in [0, 0.05) is 11.6 Å². The zero-order chi connectivity index (χ0) is 10.1. The molecule has 2 rings (SSSR count). The van der Waals surface area contributed by atoms with E-state index in [1.807, 2.05) is 6.07 Å². The average Bonchev–Trinajstić information content (AvgIpc) is 2.17. The Bertz CT molecular complexity index is 374. The second-order valence-corrected chi connectivity index (χ2v) is 3.66. The average molecular weight is 190 g/mol. The van der Waals surface area contributed by atoms with Gasteiger partial charge in [-0.25, -0.2) is 0 Å². The summed E-state index contributed by atoms with van der Waals surface area (Å²) >= 11 is 0. The molecule has 0 aliphatic carbocycles. The number of nitrogens with two attached hydrogens (primary N) is 1. The molecule has 1 atom stereocenters. The monoisotopic (exact) mass is 190 g/mol. The van der Waals surface area contributed by atoms with Gasteiger partial charge in [-0.2, -0.15) is 0 Å². The van der Waals surface area contributed by atoms with Gasteiger partial charge in [-0.3, -0.25) is 4.79 Å². The summed E-state index contributed by atoms with van der Waals surface area (Å²) in [6, 6.07) is 6.07.